The Bertz CT molecular complexity index is 332. The van der Waals surface area contributed by atoms with Gasteiger partial charge in [0.2, 0.25) is 5.91 Å². The number of likely N-dealkylation sites (tertiary alicyclic amines) is 1. The second kappa shape index (κ2) is 7.62. The Morgan fingerprint density at radius 3 is 2.19 bits per heavy atom. The van der Waals surface area contributed by atoms with Gasteiger partial charge in [-0.25, -0.2) is 0 Å². The minimum absolute atomic E-state index is 0.137. The van der Waals surface area contributed by atoms with Crippen LogP contribution in [0.4, 0.5) is 0 Å². The normalized spacial score (nSPS) is 28.4. The standard InChI is InChI=1S/C18H34N2O/c1-13(2)16-7-5-6-8-17(16)19-15-9-11-20(12-10-15)18(21)14(3)4/h13-17,19H,5-12H2,1-4H3. The van der Waals surface area contributed by atoms with E-state index in [1.165, 1.54) is 25.7 Å². The molecule has 2 rings (SSSR count). The first-order valence-corrected chi connectivity index (χ1v) is 9.04. The van der Waals surface area contributed by atoms with Crippen molar-refractivity contribution in [3.05, 3.63) is 0 Å². The van der Waals surface area contributed by atoms with Crippen LogP contribution in [0.15, 0.2) is 0 Å². The molecule has 2 fully saturated rings. The molecule has 0 spiro atoms. The van der Waals surface area contributed by atoms with Crippen LogP contribution in [0.3, 0.4) is 0 Å². The molecule has 2 unspecified atom stereocenters. The lowest BCUT2D eigenvalue weighted by atomic mass is 9.77. The Morgan fingerprint density at radius 2 is 1.62 bits per heavy atom. The van der Waals surface area contributed by atoms with Crippen molar-refractivity contribution < 1.29 is 4.79 Å². The van der Waals surface area contributed by atoms with Gasteiger partial charge in [0.1, 0.15) is 0 Å². The highest BCUT2D eigenvalue weighted by Gasteiger charge is 2.31. The summed E-state index contributed by atoms with van der Waals surface area (Å²) in [4.78, 5) is 14.1. The van der Waals surface area contributed by atoms with Crippen LogP contribution in [-0.4, -0.2) is 36.0 Å². The lowest BCUT2D eigenvalue weighted by molar-refractivity contribution is -0.135. The zero-order chi connectivity index (χ0) is 15.4. The van der Waals surface area contributed by atoms with Crippen molar-refractivity contribution in [1.82, 2.24) is 10.2 Å². The Labute approximate surface area is 130 Å². The van der Waals surface area contributed by atoms with Crippen molar-refractivity contribution in [3.63, 3.8) is 0 Å². The van der Waals surface area contributed by atoms with Crippen molar-refractivity contribution in [1.29, 1.82) is 0 Å². The largest absolute Gasteiger partial charge is 0.342 e. The molecule has 0 radical (unpaired) electrons. The highest BCUT2D eigenvalue weighted by Crippen LogP contribution is 2.31. The summed E-state index contributed by atoms with van der Waals surface area (Å²) in [6, 6.07) is 1.32. The maximum atomic E-state index is 12.0. The zero-order valence-corrected chi connectivity index (χ0v) is 14.4. The highest BCUT2D eigenvalue weighted by atomic mass is 16.2. The molecule has 3 nitrogen and oxygen atoms in total. The number of nitrogens with zero attached hydrogens (tertiary/aromatic N) is 1. The third-order valence-corrected chi connectivity index (χ3v) is 5.43. The number of piperidine rings is 1. The number of amides is 1. The van der Waals surface area contributed by atoms with Gasteiger partial charge in [-0.1, -0.05) is 40.5 Å². The van der Waals surface area contributed by atoms with Gasteiger partial charge >= 0.3 is 0 Å². The SMILES string of the molecule is CC(C)C(=O)N1CCC(NC2CCCCC2C(C)C)CC1. The average molecular weight is 294 g/mol. The predicted octanol–water partition coefficient (Wildman–Crippen LogP) is 3.44. The van der Waals surface area contributed by atoms with Crippen LogP contribution < -0.4 is 5.32 Å². The van der Waals surface area contributed by atoms with E-state index in [-0.39, 0.29) is 5.92 Å². The smallest absolute Gasteiger partial charge is 0.225 e. The van der Waals surface area contributed by atoms with E-state index in [0.717, 1.165) is 37.8 Å². The highest BCUT2D eigenvalue weighted by molar-refractivity contribution is 5.78. The van der Waals surface area contributed by atoms with Gasteiger partial charge in [0.25, 0.3) is 0 Å². The minimum atomic E-state index is 0.137. The van der Waals surface area contributed by atoms with E-state index in [0.29, 0.717) is 18.0 Å². The predicted molar refractivity (Wildman–Crippen MR) is 88.2 cm³/mol. The fourth-order valence-corrected chi connectivity index (χ4v) is 4.10. The molecule has 1 saturated carbocycles. The summed E-state index contributed by atoms with van der Waals surface area (Å²) >= 11 is 0. The summed E-state index contributed by atoms with van der Waals surface area (Å²) in [5.74, 6) is 2.09. The van der Waals surface area contributed by atoms with Crippen molar-refractivity contribution >= 4 is 5.91 Å². The van der Waals surface area contributed by atoms with Crippen LogP contribution >= 0.6 is 0 Å². The van der Waals surface area contributed by atoms with Gasteiger partial charge in [-0.15, -0.1) is 0 Å². The van der Waals surface area contributed by atoms with Crippen molar-refractivity contribution in [2.45, 2.75) is 78.3 Å². The molecule has 0 aromatic rings. The Kier molecular flexibility index (Phi) is 6.09. The number of rotatable bonds is 4. The molecule has 1 saturated heterocycles. The van der Waals surface area contributed by atoms with Gasteiger partial charge in [-0.05, 0) is 37.5 Å². The summed E-state index contributed by atoms with van der Waals surface area (Å²) in [6.45, 7) is 10.6. The van der Waals surface area contributed by atoms with E-state index in [4.69, 9.17) is 0 Å². The molecule has 2 aliphatic rings. The number of nitrogens with one attached hydrogen (secondary N) is 1. The van der Waals surface area contributed by atoms with Crippen LogP contribution in [0.1, 0.15) is 66.2 Å². The molecule has 1 aliphatic carbocycles. The lowest BCUT2D eigenvalue weighted by Crippen LogP contribution is -2.51. The molecular weight excluding hydrogens is 260 g/mol. The van der Waals surface area contributed by atoms with Crippen LogP contribution in [0, 0.1) is 17.8 Å². The summed E-state index contributed by atoms with van der Waals surface area (Å²) in [6.07, 6.45) is 7.77. The van der Waals surface area contributed by atoms with E-state index < -0.39 is 0 Å². The van der Waals surface area contributed by atoms with Crippen LogP contribution in [0.25, 0.3) is 0 Å². The van der Waals surface area contributed by atoms with Gasteiger partial charge in [-0.3, -0.25) is 4.79 Å². The van der Waals surface area contributed by atoms with E-state index in [1.54, 1.807) is 0 Å². The maximum Gasteiger partial charge on any atom is 0.225 e. The Balaban J connectivity index is 1.81. The molecule has 2 atom stereocenters. The van der Waals surface area contributed by atoms with Gasteiger partial charge in [0.15, 0.2) is 0 Å². The van der Waals surface area contributed by atoms with E-state index in [1.807, 2.05) is 13.8 Å². The number of carbonyl (C=O) groups is 1. The van der Waals surface area contributed by atoms with Crippen LogP contribution in [0.5, 0.6) is 0 Å². The van der Waals surface area contributed by atoms with Gasteiger partial charge in [0, 0.05) is 31.1 Å². The van der Waals surface area contributed by atoms with Crippen LogP contribution in [0.2, 0.25) is 0 Å². The molecule has 0 aromatic heterocycles. The summed E-state index contributed by atoms with van der Waals surface area (Å²) < 4.78 is 0. The third-order valence-electron chi connectivity index (χ3n) is 5.43. The molecule has 0 aromatic carbocycles. The summed E-state index contributed by atoms with van der Waals surface area (Å²) in [5.41, 5.74) is 0. The molecular formula is C18H34N2O. The number of carbonyl (C=O) groups excluding carboxylic acids is 1. The first kappa shape index (κ1) is 16.8. The van der Waals surface area contributed by atoms with E-state index >= 15 is 0 Å². The molecule has 1 N–H and O–H groups in total. The molecule has 0 bridgehead atoms. The molecule has 122 valence electrons. The monoisotopic (exact) mass is 294 g/mol. The molecule has 1 amide bonds. The van der Waals surface area contributed by atoms with Crippen molar-refractivity contribution in [2.24, 2.45) is 17.8 Å². The van der Waals surface area contributed by atoms with E-state index in [2.05, 4.69) is 24.1 Å². The Hall–Kier alpha value is -0.570. The number of hydrogen-bond donors (Lipinski definition) is 1. The number of hydrogen-bond acceptors (Lipinski definition) is 2. The third kappa shape index (κ3) is 4.45. The first-order valence-electron chi connectivity index (χ1n) is 9.04. The fraction of sp³-hybridized carbons (Fsp3) is 0.944. The topological polar surface area (TPSA) is 32.3 Å². The fourth-order valence-electron chi connectivity index (χ4n) is 4.10. The maximum absolute atomic E-state index is 12.0. The first-order chi connectivity index (χ1) is 9.99. The van der Waals surface area contributed by atoms with Gasteiger partial charge in [-0.2, -0.15) is 0 Å². The second-order valence-electron chi connectivity index (χ2n) is 7.72. The zero-order valence-electron chi connectivity index (χ0n) is 14.4. The second-order valence-corrected chi connectivity index (χ2v) is 7.72. The van der Waals surface area contributed by atoms with Crippen LogP contribution in [-0.2, 0) is 4.79 Å². The molecule has 1 heterocycles. The van der Waals surface area contributed by atoms with E-state index in [9.17, 15) is 4.79 Å². The molecule has 21 heavy (non-hydrogen) atoms. The van der Waals surface area contributed by atoms with Gasteiger partial charge < -0.3 is 10.2 Å². The Morgan fingerprint density at radius 1 is 1.00 bits per heavy atom. The molecule has 3 heteroatoms. The summed E-state index contributed by atoms with van der Waals surface area (Å²) in [7, 11) is 0. The quantitative estimate of drug-likeness (QED) is 0.861. The lowest BCUT2D eigenvalue weighted by Gasteiger charge is -2.40. The van der Waals surface area contributed by atoms with Crippen molar-refractivity contribution in [2.75, 3.05) is 13.1 Å². The molecule has 1 aliphatic heterocycles. The minimum Gasteiger partial charge on any atom is -0.342 e. The average Bonchev–Trinajstić information content (AvgIpc) is 2.47. The van der Waals surface area contributed by atoms with Gasteiger partial charge in [0.05, 0.1) is 0 Å². The summed E-state index contributed by atoms with van der Waals surface area (Å²) in [5, 5.41) is 3.94. The van der Waals surface area contributed by atoms with Crippen molar-refractivity contribution in [3.8, 4) is 0 Å².